The smallest absolute Gasteiger partial charge is 0.241 e. The molecule has 3 rings (SSSR count). The Morgan fingerprint density at radius 2 is 1.55 bits per heavy atom. The van der Waals surface area contributed by atoms with Gasteiger partial charge in [-0.05, 0) is 57.4 Å². The van der Waals surface area contributed by atoms with Crippen LogP contribution in [0.2, 0.25) is 20.2 Å². The van der Waals surface area contributed by atoms with Gasteiger partial charge in [0.25, 0.3) is 0 Å². The molecule has 0 atom stereocenters. The van der Waals surface area contributed by atoms with Gasteiger partial charge in [0.05, 0.1) is 10.0 Å². The molecule has 1 aliphatic rings. The molecule has 2 heterocycles. The van der Waals surface area contributed by atoms with Gasteiger partial charge in [-0.2, -0.15) is 4.98 Å². The van der Waals surface area contributed by atoms with E-state index in [1.807, 2.05) is 6.92 Å². The van der Waals surface area contributed by atoms with Gasteiger partial charge >= 0.3 is 0 Å². The van der Waals surface area contributed by atoms with E-state index in [-0.39, 0.29) is 37.7 Å². The van der Waals surface area contributed by atoms with Crippen LogP contribution in [-0.4, -0.2) is 27.8 Å². The quantitative estimate of drug-likeness (QED) is 0.336. The largest absolute Gasteiger partial charge is 0.437 e. The van der Waals surface area contributed by atoms with Crippen LogP contribution in [0.25, 0.3) is 0 Å². The topological polar surface area (TPSA) is 65.5 Å². The second-order valence-corrected chi connectivity index (χ2v) is 9.74. The number of benzene rings is 1. The summed E-state index contributed by atoms with van der Waals surface area (Å²) < 4.78 is 11.6. The first-order valence-electron chi connectivity index (χ1n) is 9.59. The van der Waals surface area contributed by atoms with E-state index < -0.39 is 17.1 Å². The molecule has 1 aliphatic heterocycles. The monoisotopic (exact) mass is 503 g/mol. The summed E-state index contributed by atoms with van der Waals surface area (Å²) in [4.78, 5) is 30.4. The Kier molecular flexibility index (Phi) is 6.68. The zero-order valence-electron chi connectivity index (χ0n) is 17.6. The zero-order valence-corrected chi connectivity index (χ0v) is 20.6. The number of carbonyl (C=O) groups excluding carboxylic acids is 2. The van der Waals surface area contributed by atoms with E-state index in [1.165, 1.54) is 0 Å². The number of halogens is 4. The van der Waals surface area contributed by atoms with Crippen molar-refractivity contribution in [2.75, 3.05) is 0 Å². The molecule has 5 nitrogen and oxygen atoms in total. The first kappa shape index (κ1) is 24.3. The third-order valence-corrected chi connectivity index (χ3v) is 6.86. The van der Waals surface area contributed by atoms with Crippen molar-refractivity contribution in [3.05, 3.63) is 49.5 Å². The summed E-state index contributed by atoms with van der Waals surface area (Å²) in [5.74, 6) is -1.33. The number of aryl methyl sites for hydroxylation is 1. The Bertz CT molecular complexity index is 1060. The van der Waals surface area contributed by atoms with Gasteiger partial charge in [-0.3, -0.25) is 9.59 Å². The average Bonchev–Trinajstić information content (AvgIpc) is 2.69. The van der Waals surface area contributed by atoms with Crippen molar-refractivity contribution < 1.29 is 19.1 Å². The second-order valence-electron chi connectivity index (χ2n) is 8.25. The molecule has 1 fully saturated rings. The molecule has 1 saturated heterocycles. The molecule has 166 valence electrons. The summed E-state index contributed by atoms with van der Waals surface area (Å²) in [7, 11) is 0. The minimum absolute atomic E-state index is 0.00216. The van der Waals surface area contributed by atoms with Crippen molar-refractivity contribution in [2.45, 2.75) is 58.2 Å². The molecule has 0 bridgehead atoms. The predicted octanol–water partition coefficient (Wildman–Crippen LogP) is 6.86. The maximum atomic E-state index is 13.2. The molecular formula is C22H21Cl4NO4. The van der Waals surface area contributed by atoms with Crippen molar-refractivity contribution >= 4 is 58.0 Å². The van der Waals surface area contributed by atoms with Crippen molar-refractivity contribution in [3.8, 4) is 11.6 Å². The molecule has 1 aromatic heterocycles. The second kappa shape index (κ2) is 8.53. The maximum absolute atomic E-state index is 13.2. The van der Waals surface area contributed by atoms with Gasteiger partial charge < -0.3 is 9.47 Å². The molecule has 9 heteroatoms. The lowest BCUT2D eigenvalue weighted by molar-refractivity contribution is -0.184. The molecule has 0 N–H and O–H groups in total. The number of carbonyl (C=O) groups is 2. The van der Waals surface area contributed by atoms with Crippen LogP contribution < -0.4 is 4.74 Å². The molecule has 0 saturated carbocycles. The fourth-order valence-electron chi connectivity index (χ4n) is 3.71. The maximum Gasteiger partial charge on any atom is 0.241 e. The number of nitrogens with zero attached hydrogens (tertiary/aromatic N) is 1. The Morgan fingerprint density at radius 1 is 0.968 bits per heavy atom. The minimum atomic E-state index is -1.12. The zero-order chi connectivity index (χ0) is 23.3. The van der Waals surface area contributed by atoms with Crippen LogP contribution in [0.5, 0.6) is 11.6 Å². The lowest BCUT2D eigenvalue weighted by Gasteiger charge is -2.43. The van der Waals surface area contributed by atoms with Gasteiger partial charge in [0.1, 0.15) is 27.9 Å². The number of ether oxygens (including phenoxy) is 2. The number of pyridine rings is 1. The van der Waals surface area contributed by atoms with Crippen LogP contribution in [-0.2, 0) is 20.7 Å². The Morgan fingerprint density at radius 3 is 2.10 bits per heavy atom. The van der Waals surface area contributed by atoms with Gasteiger partial charge in [0.15, 0.2) is 16.7 Å². The predicted molar refractivity (Wildman–Crippen MR) is 122 cm³/mol. The van der Waals surface area contributed by atoms with Crippen molar-refractivity contribution in [2.24, 2.45) is 0 Å². The van der Waals surface area contributed by atoms with Gasteiger partial charge in [0.2, 0.25) is 5.88 Å². The third-order valence-electron chi connectivity index (χ3n) is 5.20. The molecule has 0 amide bonds. The summed E-state index contributed by atoms with van der Waals surface area (Å²) in [5.41, 5.74) is -0.835. The fourth-order valence-corrected chi connectivity index (χ4v) is 4.46. The van der Waals surface area contributed by atoms with E-state index in [4.69, 9.17) is 55.9 Å². The van der Waals surface area contributed by atoms with Crippen molar-refractivity contribution in [1.29, 1.82) is 0 Å². The number of ketones is 2. The van der Waals surface area contributed by atoms with E-state index in [0.717, 1.165) is 5.56 Å². The van der Waals surface area contributed by atoms with E-state index in [2.05, 4.69) is 4.98 Å². The highest BCUT2D eigenvalue weighted by molar-refractivity contribution is 6.51. The Labute approximate surface area is 200 Å². The summed E-state index contributed by atoms with van der Waals surface area (Å²) >= 11 is 24.2. The molecule has 0 unspecified atom stereocenters. The van der Waals surface area contributed by atoms with Crippen LogP contribution in [0.3, 0.4) is 0 Å². The SMILES string of the molecule is CCc1ccc(Oc2nc(Cl)c(Cl)c(Cl)c2Cl)cc1C1C(=O)C(C)(C)OC(C)(C)C1=O. The van der Waals surface area contributed by atoms with E-state index in [1.54, 1.807) is 45.9 Å². The van der Waals surface area contributed by atoms with Gasteiger partial charge in [-0.15, -0.1) is 0 Å². The molecule has 1 aromatic carbocycles. The average molecular weight is 505 g/mol. The lowest BCUT2D eigenvalue weighted by atomic mass is 9.73. The number of hydrogen-bond acceptors (Lipinski definition) is 5. The van der Waals surface area contributed by atoms with Crippen LogP contribution in [0.15, 0.2) is 18.2 Å². The Hall–Kier alpha value is -1.37. The highest BCUT2D eigenvalue weighted by Crippen LogP contribution is 2.43. The summed E-state index contributed by atoms with van der Waals surface area (Å²) in [5, 5.41) is -0.0278. The van der Waals surface area contributed by atoms with Crippen LogP contribution in [0.1, 0.15) is 51.7 Å². The molecule has 2 aromatic rings. The molecule has 0 aliphatic carbocycles. The van der Waals surface area contributed by atoms with Crippen LogP contribution in [0, 0.1) is 0 Å². The van der Waals surface area contributed by atoms with E-state index in [9.17, 15) is 9.59 Å². The highest BCUT2D eigenvalue weighted by atomic mass is 35.5. The number of aromatic nitrogens is 1. The van der Waals surface area contributed by atoms with Crippen LogP contribution >= 0.6 is 46.4 Å². The lowest BCUT2D eigenvalue weighted by Crippen LogP contribution is -2.58. The first-order valence-corrected chi connectivity index (χ1v) is 11.1. The molecule has 0 radical (unpaired) electrons. The van der Waals surface area contributed by atoms with Crippen LogP contribution in [0.4, 0.5) is 0 Å². The summed E-state index contributed by atoms with van der Waals surface area (Å²) in [6, 6.07) is 5.14. The fraction of sp³-hybridized carbons (Fsp3) is 0.409. The van der Waals surface area contributed by atoms with Gasteiger partial charge in [0, 0.05) is 0 Å². The van der Waals surface area contributed by atoms with Crippen molar-refractivity contribution in [1.82, 2.24) is 4.98 Å². The summed E-state index contributed by atoms with van der Waals surface area (Å²) in [6.07, 6.45) is 0.617. The number of Topliss-reactive ketones (excluding diaryl/α,β-unsaturated/α-hetero) is 2. The normalized spacial score (nSPS) is 18.4. The number of hydrogen-bond donors (Lipinski definition) is 0. The molecule has 0 spiro atoms. The van der Waals surface area contributed by atoms with Gasteiger partial charge in [-0.25, -0.2) is 0 Å². The van der Waals surface area contributed by atoms with Gasteiger partial charge in [-0.1, -0.05) is 59.4 Å². The highest BCUT2D eigenvalue weighted by Gasteiger charge is 2.53. The first-order chi connectivity index (χ1) is 14.3. The van der Waals surface area contributed by atoms with Crippen molar-refractivity contribution in [3.63, 3.8) is 0 Å². The van der Waals surface area contributed by atoms with E-state index >= 15 is 0 Å². The summed E-state index contributed by atoms with van der Waals surface area (Å²) in [6.45, 7) is 8.63. The third kappa shape index (κ3) is 4.44. The molecule has 31 heavy (non-hydrogen) atoms. The Balaban J connectivity index is 2.10. The minimum Gasteiger partial charge on any atom is -0.437 e. The molecular weight excluding hydrogens is 484 g/mol. The van der Waals surface area contributed by atoms with E-state index in [0.29, 0.717) is 17.7 Å². The standard InChI is InChI=1S/C22H21Cl4NO4/c1-6-10-7-8-11(30-20-16(25)14(23)15(24)19(26)27-20)9-12(10)13-17(28)21(2,3)31-22(4,5)18(13)29/h7-9,13H,6H2,1-5H3. The number of rotatable bonds is 4.